The first-order chi connectivity index (χ1) is 11.0. The Morgan fingerprint density at radius 1 is 0.958 bits per heavy atom. The summed E-state index contributed by atoms with van der Waals surface area (Å²) in [5, 5.41) is 31.5. The van der Waals surface area contributed by atoms with Crippen LogP contribution in [0.5, 0.6) is 0 Å². The van der Waals surface area contributed by atoms with Gasteiger partial charge in [-0.15, -0.1) is 0 Å². The Morgan fingerprint density at radius 3 is 1.83 bits per heavy atom. The van der Waals surface area contributed by atoms with Crippen LogP contribution in [0.4, 0.5) is 0 Å². The van der Waals surface area contributed by atoms with Crippen molar-refractivity contribution >= 4 is 23.8 Å². The minimum Gasteiger partial charge on any atom is -0.481 e. The predicted octanol–water partition coefficient (Wildman–Crippen LogP) is -1.73. The second-order valence-corrected chi connectivity index (χ2v) is 5.95. The number of carbonyl (C=O) groups is 4. The summed E-state index contributed by atoms with van der Waals surface area (Å²) in [5.74, 6) is -4.52. The average Bonchev–Trinajstić information content (AvgIpc) is 2.43. The molecule has 10 heteroatoms. The average molecular weight is 347 g/mol. The maximum Gasteiger partial charge on any atom is 0.326 e. The molecule has 0 aromatic rings. The number of amides is 2. The smallest absolute Gasteiger partial charge is 0.326 e. The molecule has 0 aromatic heterocycles. The molecule has 0 aromatic carbocycles. The summed E-state index contributed by atoms with van der Waals surface area (Å²) < 4.78 is 0. The summed E-state index contributed by atoms with van der Waals surface area (Å²) in [6.07, 6.45) is -1.81. The van der Waals surface area contributed by atoms with E-state index < -0.39 is 54.4 Å². The largest absolute Gasteiger partial charge is 0.481 e. The van der Waals surface area contributed by atoms with Crippen LogP contribution in [-0.4, -0.2) is 63.3 Å². The number of rotatable bonds is 10. The van der Waals surface area contributed by atoms with E-state index in [2.05, 4.69) is 10.6 Å². The van der Waals surface area contributed by atoms with E-state index in [1.54, 1.807) is 13.8 Å². The summed E-state index contributed by atoms with van der Waals surface area (Å²) in [5.41, 5.74) is 5.42. The number of carboxylic acid groups (broad SMARTS) is 2. The highest BCUT2D eigenvalue weighted by molar-refractivity contribution is 5.94. The maximum atomic E-state index is 12.1. The van der Waals surface area contributed by atoms with Crippen molar-refractivity contribution in [3.05, 3.63) is 0 Å². The van der Waals surface area contributed by atoms with Gasteiger partial charge in [-0.25, -0.2) is 4.79 Å². The Kier molecular flexibility index (Phi) is 8.93. The molecule has 0 unspecified atom stereocenters. The van der Waals surface area contributed by atoms with Crippen molar-refractivity contribution in [3.63, 3.8) is 0 Å². The minimum atomic E-state index is -1.51. The molecule has 0 aliphatic carbocycles. The van der Waals surface area contributed by atoms with Crippen molar-refractivity contribution in [1.82, 2.24) is 10.6 Å². The minimum absolute atomic E-state index is 0.0254. The fraction of sp³-hybridized carbons (Fsp3) is 0.714. The quantitative estimate of drug-likeness (QED) is 0.270. The van der Waals surface area contributed by atoms with Crippen molar-refractivity contribution in [2.45, 2.75) is 57.8 Å². The van der Waals surface area contributed by atoms with E-state index >= 15 is 0 Å². The summed E-state index contributed by atoms with van der Waals surface area (Å²) >= 11 is 0. The predicted molar refractivity (Wildman–Crippen MR) is 82.9 cm³/mol. The molecule has 0 aliphatic heterocycles. The summed E-state index contributed by atoms with van der Waals surface area (Å²) in [6.45, 7) is 4.79. The number of aliphatic carboxylic acids is 2. The van der Waals surface area contributed by atoms with Gasteiger partial charge in [0.2, 0.25) is 11.8 Å². The Balaban J connectivity index is 5.08. The van der Waals surface area contributed by atoms with E-state index in [1.165, 1.54) is 6.92 Å². The first-order valence-electron chi connectivity index (χ1n) is 7.44. The van der Waals surface area contributed by atoms with E-state index in [9.17, 15) is 24.3 Å². The lowest BCUT2D eigenvalue weighted by Crippen LogP contribution is -2.56. The van der Waals surface area contributed by atoms with Gasteiger partial charge in [0.1, 0.15) is 18.1 Å². The normalized spacial score (nSPS) is 15.9. The number of hydrogen-bond acceptors (Lipinski definition) is 6. The molecule has 4 atom stereocenters. The van der Waals surface area contributed by atoms with Crippen LogP contribution >= 0.6 is 0 Å². The van der Waals surface area contributed by atoms with Gasteiger partial charge in [0, 0.05) is 0 Å². The monoisotopic (exact) mass is 347 g/mol. The van der Waals surface area contributed by atoms with Gasteiger partial charge < -0.3 is 31.7 Å². The van der Waals surface area contributed by atoms with E-state index in [1.807, 2.05) is 0 Å². The Labute approximate surface area is 139 Å². The van der Waals surface area contributed by atoms with Crippen LogP contribution in [0.3, 0.4) is 0 Å². The molecule has 24 heavy (non-hydrogen) atoms. The fourth-order valence-corrected chi connectivity index (χ4v) is 1.84. The Morgan fingerprint density at radius 2 is 1.46 bits per heavy atom. The summed E-state index contributed by atoms with van der Waals surface area (Å²) in [6, 6.07) is -4.06. The van der Waals surface area contributed by atoms with E-state index in [0.29, 0.717) is 0 Å². The van der Waals surface area contributed by atoms with Gasteiger partial charge in [0.15, 0.2) is 0 Å². The summed E-state index contributed by atoms with van der Waals surface area (Å²) in [4.78, 5) is 46.0. The number of carboxylic acids is 2. The highest BCUT2D eigenvalue weighted by Gasteiger charge is 2.30. The van der Waals surface area contributed by atoms with Crippen LogP contribution < -0.4 is 16.4 Å². The second kappa shape index (κ2) is 9.83. The van der Waals surface area contributed by atoms with Gasteiger partial charge >= 0.3 is 11.9 Å². The molecular weight excluding hydrogens is 322 g/mol. The van der Waals surface area contributed by atoms with Crippen LogP contribution in [0.1, 0.15) is 33.6 Å². The van der Waals surface area contributed by atoms with Crippen LogP contribution in [0.15, 0.2) is 0 Å². The zero-order chi connectivity index (χ0) is 19.0. The van der Waals surface area contributed by atoms with Gasteiger partial charge in [-0.2, -0.15) is 0 Å². The van der Waals surface area contributed by atoms with E-state index in [-0.39, 0.29) is 12.3 Å². The topological polar surface area (TPSA) is 179 Å². The molecule has 7 N–H and O–H groups in total. The number of nitrogens with one attached hydrogen (secondary N) is 2. The first kappa shape index (κ1) is 21.8. The second-order valence-electron chi connectivity index (χ2n) is 5.95. The lowest BCUT2D eigenvalue weighted by Gasteiger charge is -2.23. The van der Waals surface area contributed by atoms with Gasteiger partial charge in [-0.1, -0.05) is 13.8 Å². The third-order valence-electron chi connectivity index (χ3n) is 3.16. The molecule has 0 heterocycles. The zero-order valence-corrected chi connectivity index (χ0v) is 13.9. The van der Waals surface area contributed by atoms with Crippen molar-refractivity contribution in [3.8, 4) is 0 Å². The van der Waals surface area contributed by atoms with Crippen LogP contribution in [0.2, 0.25) is 0 Å². The molecule has 10 nitrogen and oxygen atoms in total. The number of aliphatic hydroxyl groups is 1. The number of hydrogen-bond donors (Lipinski definition) is 6. The third kappa shape index (κ3) is 7.88. The standard InChI is InChI=1S/C14H25N3O7/c1-6(2)4-9(14(23)24)17-12(21)8(5-10(19)20)16-13(22)11(15)7(3)18/h6-9,11,18H,4-5,15H2,1-3H3,(H,16,22)(H,17,21)(H,19,20)(H,23,24)/t7-,8+,9+,11+/m1/s1. The Bertz CT molecular complexity index is 479. The lowest BCUT2D eigenvalue weighted by atomic mass is 10.0. The first-order valence-corrected chi connectivity index (χ1v) is 7.44. The van der Waals surface area contributed by atoms with Gasteiger partial charge in [0.25, 0.3) is 0 Å². The van der Waals surface area contributed by atoms with Crippen molar-refractivity contribution in [2.75, 3.05) is 0 Å². The maximum absolute atomic E-state index is 12.1. The highest BCUT2D eigenvalue weighted by Crippen LogP contribution is 2.06. The third-order valence-corrected chi connectivity index (χ3v) is 3.16. The molecule has 0 fully saturated rings. The Hall–Kier alpha value is -2.20. The number of nitrogens with two attached hydrogens (primary N) is 1. The molecule has 0 aliphatic rings. The molecule has 0 saturated carbocycles. The zero-order valence-electron chi connectivity index (χ0n) is 13.9. The molecule has 0 saturated heterocycles. The molecule has 0 bridgehead atoms. The number of aliphatic hydroxyl groups excluding tert-OH is 1. The lowest BCUT2D eigenvalue weighted by molar-refractivity contribution is -0.143. The molecule has 2 amide bonds. The van der Waals surface area contributed by atoms with E-state index in [0.717, 1.165) is 0 Å². The van der Waals surface area contributed by atoms with Crippen molar-refractivity contribution in [2.24, 2.45) is 11.7 Å². The molecule has 138 valence electrons. The van der Waals surface area contributed by atoms with Gasteiger partial charge in [0.05, 0.1) is 12.5 Å². The van der Waals surface area contributed by atoms with Crippen LogP contribution in [0.25, 0.3) is 0 Å². The van der Waals surface area contributed by atoms with Gasteiger partial charge in [-0.05, 0) is 19.3 Å². The van der Waals surface area contributed by atoms with Gasteiger partial charge in [-0.3, -0.25) is 14.4 Å². The molecule has 0 radical (unpaired) electrons. The van der Waals surface area contributed by atoms with Crippen LogP contribution in [-0.2, 0) is 19.2 Å². The number of carbonyl (C=O) groups excluding carboxylic acids is 2. The van der Waals surface area contributed by atoms with Crippen LogP contribution in [0, 0.1) is 5.92 Å². The molecular formula is C14H25N3O7. The molecule has 0 spiro atoms. The van der Waals surface area contributed by atoms with Crippen molar-refractivity contribution in [1.29, 1.82) is 0 Å². The highest BCUT2D eigenvalue weighted by atomic mass is 16.4. The summed E-state index contributed by atoms with van der Waals surface area (Å²) in [7, 11) is 0. The SMILES string of the molecule is CC(C)C[C@H](NC(=O)[C@H](CC(=O)O)NC(=O)[C@@H](N)[C@@H](C)O)C(=O)O. The van der Waals surface area contributed by atoms with Crippen molar-refractivity contribution < 1.29 is 34.5 Å². The fourth-order valence-electron chi connectivity index (χ4n) is 1.84. The molecule has 0 rings (SSSR count). The van der Waals surface area contributed by atoms with E-state index in [4.69, 9.17) is 15.9 Å².